The molecule has 1 aliphatic carbocycles. The zero-order valence-corrected chi connectivity index (χ0v) is 21.8. The van der Waals surface area contributed by atoms with Gasteiger partial charge in [0.25, 0.3) is 5.91 Å². The van der Waals surface area contributed by atoms with Gasteiger partial charge in [-0.05, 0) is 41.8 Å². The minimum Gasteiger partial charge on any atom is -0.345 e. The number of nitrogens with one attached hydrogen (secondary N) is 1. The van der Waals surface area contributed by atoms with Crippen molar-refractivity contribution in [2.75, 3.05) is 19.4 Å². The fourth-order valence-corrected chi connectivity index (χ4v) is 6.11. The van der Waals surface area contributed by atoms with Crippen LogP contribution in [0, 0.1) is 11.8 Å². The van der Waals surface area contributed by atoms with Crippen LogP contribution < -0.4 is 5.32 Å². The van der Waals surface area contributed by atoms with Crippen molar-refractivity contribution in [3.63, 3.8) is 0 Å². The average molecular weight is 531 g/mol. The number of amides is 2. The lowest BCUT2D eigenvalue weighted by Gasteiger charge is -2.29. The van der Waals surface area contributed by atoms with Crippen molar-refractivity contribution in [2.24, 2.45) is 11.8 Å². The number of benzene rings is 1. The van der Waals surface area contributed by atoms with E-state index in [9.17, 15) is 14.0 Å². The van der Waals surface area contributed by atoms with Gasteiger partial charge in [-0.25, -0.2) is 4.39 Å². The predicted molar refractivity (Wildman–Crippen MR) is 140 cm³/mol. The van der Waals surface area contributed by atoms with Gasteiger partial charge in [-0.3, -0.25) is 9.59 Å². The monoisotopic (exact) mass is 530 g/mol. The van der Waals surface area contributed by atoms with Crippen LogP contribution >= 0.6 is 34.3 Å². The van der Waals surface area contributed by atoms with E-state index >= 15 is 0 Å². The van der Waals surface area contributed by atoms with Gasteiger partial charge >= 0.3 is 0 Å². The summed E-state index contributed by atoms with van der Waals surface area (Å²) in [5.41, 5.74) is 2.86. The lowest BCUT2D eigenvalue weighted by atomic mass is 9.77. The van der Waals surface area contributed by atoms with Crippen molar-refractivity contribution in [3.8, 4) is 10.4 Å². The van der Waals surface area contributed by atoms with E-state index in [1.807, 2.05) is 31.2 Å². The minimum absolute atomic E-state index is 0.164. The molecule has 10 heteroatoms. The van der Waals surface area contributed by atoms with Crippen molar-refractivity contribution >= 4 is 51.2 Å². The van der Waals surface area contributed by atoms with E-state index in [-0.39, 0.29) is 35.9 Å². The molecule has 1 aromatic carbocycles. The molecule has 2 heterocycles. The van der Waals surface area contributed by atoms with Crippen LogP contribution in [0.2, 0.25) is 5.02 Å². The van der Waals surface area contributed by atoms with Crippen molar-refractivity contribution < 1.29 is 14.0 Å². The molecular weight excluding hydrogens is 507 g/mol. The van der Waals surface area contributed by atoms with Gasteiger partial charge in [-0.15, -0.1) is 21.5 Å². The molecule has 0 saturated heterocycles. The molecule has 35 heavy (non-hydrogen) atoms. The van der Waals surface area contributed by atoms with E-state index in [1.165, 1.54) is 33.6 Å². The van der Waals surface area contributed by atoms with Gasteiger partial charge in [0.05, 0.1) is 10.6 Å². The van der Waals surface area contributed by atoms with Gasteiger partial charge in [0.1, 0.15) is 11.3 Å². The van der Waals surface area contributed by atoms with Gasteiger partial charge in [-0.1, -0.05) is 48.1 Å². The number of aromatic nitrogens is 2. The molecule has 0 spiro atoms. The highest BCUT2D eigenvalue weighted by atomic mass is 35.5. The fourth-order valence-electron chi connectivity index (χ4n) is 4.12. The standard InChI is InChI=1S/C25H24ClFN4O2S2/c1-14(23(32)29-25-30-28-13-34-25)22(16-5-4-6-17(27)11-16)21-10-9-20(35-21)15-7-8-18(19(26)12-15)24(33)31(2)3/h4-10,12-14,16,22H,11H2,1-3H3,(H,29,30,32)/t14-,16?,22+/m0/s1. The molecule has 4 rings (SSSR count). The molecule has 1 aliphatic rings. The minimum atomic E-state index is -0.449. The van der Waals surface area contributed by atoms with Crippen LogP contribution in [0.15, 0.2) is 59.9 Å². The molecule has 0 fully saturated rings. The second kappa shape index (κ2) is 10.8. The summed E-state index contributed by atoms with van der Waals surface area (Å²) in [5.74, 6) is -1.44. The van der Waals surface area contributed by atoms with E-state index < -0.39 is 5.92 Å². The highest BCUT2D eigenvalue weighted by Gasteiger charge is 2.34. The van der Waals surface area contributed by atoms with E-state index in [4.69, 9.17) is 11.6 Å². The molecule has 0 aliphatic heterocycles. The summed E-state index contributed by atoms with van der Waals surface area (Å²) in [7, 11) is 3.36. The fraction of sp³-hybridized carbons (Fsp3) is 0.280. The summed E-state index contributed by atoms with van der Waals surface area (Å²) in [6.45, 7) is 1.85. The average Bonchev–Trinajstić information content (AvgIpc) is 3.51. The number of thiophene rings is 1. The van der Waals surface area contributed by atoms with Gasteiger partial charge in [0, 0.05) is 42.1 Å². The van der Waals surface area contributed by atoms with Gasteiger partial charge in [0.15, 0.2) is 0 Å². The Morgan fingerprint density at radius 3 is 2.71 bits per heavy atom. The third-order valence-electron chi connectivity index (χ3n) is 5.92. The van der Waals surface area contributed by atoms with E-state index in [1.54, 1.807) is 37.8 Å². The van der Waals surface area contributed by atoms with E-state index in [0.29, 0.717) is 15.7 Å². The zero-order valence-electron chi connectivity index (χ0n) is 19.4. The Bertz CT molecular complexity index is 1290. The Hall–Kier alpha value is -2.88. The molecule has 2 aromatic heterocycles. The number of hydrogen-bond donors (Lipinski definition) is 1. The molecule has 2 amide bonds. The number of allylic oxidation sites excluding steroid dienone is 4. The summed E-state index contributed by atoms with van der Waals surface area (Å²) >= 11 is 9.20. The van der Waals surface area contributed by atoms with E-state index in [0.717, 1.165) is 15.3 Å². The maximum absolute atomic E-state index is 14.2. The molecule has 3 aromatic rings. The van der Waals surface area contributed by atoms with Crippen LogP contribution in [0.5, 0.6) is 0 Å². The molecule has 1 N–H and O–H groups in total. The smallest absolute Gasteiger partial charge is 0.254 e. The topological polar surface area (TPSA) is 75.2 Å². The molecule has 0 saturated carbocycles. The first kappa shape index (κ1) is 25.2. The highest BCUT2D eigenvalue weighted by molar-refractivity contribution is 7.15. The Labute approximate surface area is 216 Å². The summed E-state index contributed by atoms with van der Waals surface area (Å²) < 4.78 is 14.2. The Balaban J connectivity index is 1.64. The maximum atomic E-state index is 14.2. The van der Waals surface area contributed by atoms with Gasteiger partial charge < -0.3 is 10.2 Å². The number of carbonyl (C=O) groups is 2. The molecular formula is C25H24ClFN4O2S2. The Morgan fingerprint density at radius 1 is 1.26 bits per heavy atom. The number of halogens is 2. The van der Waals surface area contributed by atoms with E-state index in [2.05, 4.69) is 15.5 Å². The maximum Gasteiger partial charge on any atom is 0.254 e. The first-order valence-electron chi connectivity index (χ1n) is 11.0. The summed E-state index contributed by atoms with van der Waals surface area (Å²) in [6, 6.07) is 9.31. The molecule has 1 unspecified atom stereocenters. The molecule has 0 bridgehead atoms. The molecule has 6 nitrogen and oxygen atoms in total. The first-order chi connectivity index (χ1) is 16.7. The summed E-state index contributed by atoms with van der Waals surface area (Å²) in [5, 5.41) is 11.3. The van der Waals surface area contributed by atoms with Crippen LogP contribution in [-0.2, 0) is 4.79 Å². The molecule has 3 atom stereocenters. The first-order valence-corrected chi connectivity index (χ1v) is 13.0. The van der Waals surface area contributed by atoms with Crippen LogP contribution in [-0.4, -0.2) is 41.0 Å². The Morgan fingerprint density at radius 2 is 2.06 bits per heavy atom. The lowest BCUT2D eigenvalue weighted by Crippen LogP contribution is -2.29. The number of rotatable bonds is 7. The second-order valence-electron chi connectivity index (χ2n) is 8.51. The third kappa shape index (κ3) is 5.69. The van der Waals surface area contributed by atoms with Gasteiger partial charge in [0.2, 0.25) is 11.0 Å². The van der Waals surface area contributed by atoms with Crippen molar-refractivity contribution in [1.29, 1.82) is 0 Å². The third-order valence-corrected chi connectivity index (χ3v) is 8.07. The van der Waals surface area contributed by atoms with Crippen LogP contribution in [0.4, 0.5) is 9.52 Å². The van der Waals surface area contributed by atoms with Crippen molar-refractivity contribution in [2.45, 2.75) is 19.3 Å². The number of anilines is 1. The highest BCUT2D eigenvalue weighted by Crippen LogP contribution is 2.44. The zero-order chi connectivity index (χ0) is 25.1. The van der Waals surface area contributed by atoms with Crippen LogP contribution in [0.1, 0.15) is 34.5 Å². The second-order valence-corrected chi connectivity index (χ2v) is 10.9. The van der Waals surface area contributed by atoms with Crippen molar-refractivity contribution in [1.82, 2.24) is 15.1 Å². The normalized spacial score (nSPS) is 16.9. The summed E-state index contributed by atoms with van der Waals surface area (Å²) in [4.78, 5) is 28.8. The van der Waals surface area contributed by atoms with Gasteiger partial charge in [-0.2, -0.15) is 0 Å². The van der Waals surface area contributed by atoms with Crippen molar-refractivity contribution in [3.05, 3.63) is 75.4 Å². The predicted octanol–water partition coefficient (Wildman–Crippen LogP) is 6.41. The Kier molecular flexibility index (Phi) is 7.78. The number of hydrogen-bond acceptors (Lipinski definition) is 6. The number of nitrogens with zero attached hydrogens (tertiary/aromatic N) is 3. The summed E-state index contributed by atoms with van der Waals surface area (Å²) in [6.07, 6.45) is 5.36. The van der Waals surface area contributed by atoms with Crippen LogP contribution in [0.3, 0.4) is 0 Å². The number of carbonyl (C=O) groups excluding carboxylic acids is 2. The largest absolute Gasteiger partial charge is 0.345 e. The molecule has 182 valence electrons. The van der Waals surface area contributed by atoms with Crippen LogP contribution in [0.25, 0.3) is 10.4 Å². The molecule has 0 radical (unpaired) electrons. The quantitative estimate of drug-likeness (QED) is 0.383. The SMILES string of the molecule is C[C@H](C(=O)Nc1nncs1)[C@@H](c1ccc(-c2ccc(C(=O)N(C)C)c(Cl)c2)s1)C1C=CC=C(F)C1. The lowest BCUT2D eigenvalue weighted by molar-refractivity contribution is -0.120.